The van der Waals surface area contributed by atoms with Gasteiger partial charge >= 0.3 is 6.03 Å². The highest BCUT2D eigenvalue weighted by Gasteiger charge is 2.35. The second kappa shape index (κ2) is 12.6. The van der Waals surface area contributed by atoms with Gasteiger partial charge in [0.05, 0.1) is 30.4 Å². The topological polar surface area (TPSA) is 124 Å². The molecule has 1 aliphatic heterocycles. The molecular formula is C29H32FN5O5. The lowest BCUT2D eigenvalue weighted by Gasteiger charge is -2.38. The van der Waals surface area contributed by atoms with Crippen LogP contribution in [0.15, 0.2) is 67.0 Å². The summed E-state index contributed by atoms with van der Waals surface area (Å²) >= 11 is 0. The van der Waals surface area contributed by atoms with Gasteiger partial charge in [0.2, 0.25) is 0 Å². The number of amides is 4. The summed E-state index contributed by atoms with van der Waals surface area (Å²) in [6.07, 6.45) is 2.41. The molecule has 3 N–H and O–H groups in total. The minimum absolute atomic E-state index is 0.135. The molecule has 0 saturated carbocycles. The van der Waals surface area contributed by atoms with E-state index in [4.69, 9.17) is 4.74 Å². The number of nitrogens with zero attached hydrogens (tertiary/aromatic N) is 3. The summed E-state index contributed by atoms with van der Waals surface area (Å²) in [5.74, 6) is -1.26. The number of carbonyl (C=O) groups excluding carboxylic acids is 3. The Bertz CT molecular complexity index is 1350. The van der Waals surface area contributed by atoms with Crippen molar-refractivity contribution in [3.63, 3.8) is 0 Å². The predicted octanol–water partition coefficient (Wildman–Crippen LogP) is 3.86. The number of carbonyl (C=O) groups is 3. The Balaban J connectivity index is 1.64. The van der Waals surface area contributed by atoms with E-state index in [2.05, 4.69) is 15.6 Å². The SMILES string of the molecule is C[C@@H]1CN([C@H](C)CO)C(=O)c2cccc(NC(=O)c3ccncc3)c2O[C@@H]1CN(C)C(=O)Nc1ccc(F)cc1. The molecule has 4 amide bonds. The molecule has 40 heavy (non-hydrogen) atoms. The van der Waals surface area contributed by atoms with Crippen LogP contribution in [0.5, 0.6) is 5.75 Å². The van der Waals surface area contributed by atoms with E-state index in [0.29, 0.717) is 16.9 Å². The number of para-hydroxylation sites is 1. The molecule has 10 nitrogen and oxygen atoms in total. The number of hydrogen-bond acceptors (Lipinski definition) is 6. The Morgan fingerprint density at radius 2 is 1.85 bits per heavy atom. The van der Waals surface area contributed by atoms with E-state index in [1.54, 1.807) is 49.2 Å². The van der Waals surface area contributed by atoms with Gasteiger partial charge in [0, 0.05) is 43.2 Å². The van der Waals surface area contributed by atoms with Crippen LogP contribution in [0.1, 0.15) is 34.6 Å². The van der Waals surface area contributed by atoms with Gasteiger partial charge in [0.1, 0.15) is 11.9 Å². The molecule has 1 aliphatic rings. The lowest BCUT2D eigenvalue weighted by molar-refractivity contribution is 0.0372. The quantitative estimate of drug-likeness (QED) is 0.411. The molecule has 4 rings (SSSR count). The summed E-state index contributed by atoms with van der Waals surface area (Å²) in [5.41, 5.74) is 1.33. The van der Waals surface area contributed by atoms with E-state index in [1.807, 2.05) is 6.92 Å². The fourth-order valence-electron chi connectivity index (χ4n) is 4.36. The number of aliphatic hydroxyl groups excluding tert-OH is 1. The maximum atomic E-state index is 13.6. The van der Waals surface area contributed by atoms with Crippen LogP contribution in [0, 0.1) is 11.7 Å². The van der Waals surface area contributed by atoms with Crippen molar-refractivity contribution in [2.75, 3.05) is 37.4 Å². The van der Waals surface area contributed by atoms with E-state index in [9.17, 15) is 23.9 Å². The predicted molar refractivity (Wildman–Crippen MR) is 148 cm³/mol. The first-order chi connectivity index (χ1) is 19.2. The fourth-order valence-corrected chi connectivity index (χ4v) is 4.36. The molecule has 0 unspecified atom stereocenters. The first-order valence-electron chi connectivity index (χ1n) is 12.9. The first kappa shape index (κ1) is 28.5. The van der Waals surface area contributed by atoms with Crippen molar-refractivity contribution in [3.05, 3.63) is 83.9 Å². The molecule has 0 radical (unpaired) electrons. The van der Waals surface area contributed by atoms with Crippen LogP contribution in [0.25, 0.3) is 0 Å². The monoisotopic (exact) mass is 549 g/mol. The van der Waals surface area contributed by atoms with Crippen LogP contribution in [0.4, 0.5) is 20.6 Å². The highest BCUT2D eigenvalue weighted by atomic mass is 19.1. The normalized spacial score (nSPS) is 17.5. The third-order valence-corrected chi connectivity index (χ3v) is 6.78. The fraction of sp³-hybridized carbons (Fsp3) is 0.310. The third kappa shape index (κ3) is 6.55. The van der Waals surface area contributed by atoms with Crippen molar-refractivity contribution in [3.8, 4) is 5.75 Å². The number of rotatable bonds is 7. The summed E-state index contributed by atoms with van der Waals surface area (Å²) in [6, 6.07) is 12.5. The van der Waals surface area contributed by atoms with Crippen LogP contribution >= 0.6 is 0 Å². The third-order valence-electron chi connectivity index (χ3n) is 6.78. The van der Waals surface area contributed by atoms with Gasteiger partial charge in [-0.3, -0.25) is 14.6 Å². The zero-order valence-corrected chi connectivity index (χ0v) is 22.5. The minimum atomic E-state index is -0.594. The Kier molecular flexibility index (Phi) is 8.95. The molecule has 3 aromatic rings. The largest absolute Gasteiger partial charge is 0.485 e. The molecule has 2 heterocycles. The number of aromatic nitrogens is 1. The molecule has 11 heteroatoms. The summed E-state index contributed by atoms with van der Waals surface area (Å²) in [4.78, 5) is 46.4. The van der Waals surface area contributed by atoms with E-state index < -0.39 is 29.9 Å². The number of halogens is 1. The van der Waals surface area contributed by atoms with Crippen LogP contribution in [-0.4, -0.2) is 76.6 Å². The van der Waals surface area contributed by atoms with Gasteiger partial charge in [-0.2, -0.15) is 0 Å². The lowest BCUT2D eigenvalue weighted by Crippen LogP contribution is -2.50. The van der Waals surface area contributed by atoms with Crippen LogP contribution in [0.3, 0.4) is 0 Å². The highest BCUT2D eigenvalue weighted by Crippen LogP contribution is 2.35. The van der Waals surface area contributed by atoms with E-state index >= 15 is 0 Å². The van der Waals surface area contributed by atoms with Crippen LogP contribution in [-0.2, 0) is 0 Å². The summed E-state index contributed by atoms with van der Waals surface area (Å²) in [7, 11) is 1.60. The second-order valence-corrected chi connectivity index (χ2v) is 9.81. The number of urea groups is 1. The van der Waals surface area contributed by atoms with Gasteiger partial charge in [0.15, 0.2) is 5.75 Å². The molecular weight excluding hydrogens is 517 g/mol. The van der Waals surface area contributed by atoms with E-state index in [1.165, 1.54) is 41.6 Å². The number of hydrogen-bond donors (Lipinski definition) is 3. The average Bonchev–Trinajstić information content (AvgIpc) is 2.96. The van der Waals surface area contributed by atoms with E-state index in [0.717, 1.165) is 0 Å². The smallest absolute Gasteiger partial charge is 0.321 e. The summed E-state index contributed by atoms with van der Waals surface area (Å²) in [6.45, 7) is 3.81. The van der Waals surface area contributed by atoms with Crippen molar-refractivity contribution < 1.29 is 28.6 Å². The molecule has 3 atom stereocenters. The lowest BCUT2D eigenvalue weighted by atomic mass is 9.99. The van der Waals surface area contributed by atoms with Crippen LogP contribution in [0.2, 0.25) is 0 Å². The Labute approximate surface area is 231 Å². The molecule has 2 aromatic carbocycles. The first-order valence-corrected chi connectivity index (χ1v) is 12.9. The Morgan fingerprint density at radius 3 is 2.52 bits per heavy atom. The minimum Gasteiger partial charge on any atom is -0.485 e. The standard InChI is InChI=1S/C29H32FN5O5/c1-18-15-35(19(2)17-36)28(38)23-5-4-6-24(33-27(37)20-11-13-31-14-12-20)26(23)40-25(18)16-34(3)29(39)32-22-9-7-21(30)8-10-22/h4-14,18-19,25,36H,15-17H2,1-3H3,(H,32,39)(H,33,37)/t18-,19-,25-/m1/s1. The van der Waals surface area contributed by atoms with Crippen molar-refractivity contribution in [2.24, 2.45) is 5.92 Å². The van der Waals surface area contributed by atoms with Gasteiger partial charge < -0.3 is 30.3 Å². The van der Waals surface area contributed by atoms with Gasteiger partial charge in [-0.1, -0.05) is 13.0 Å². The molecule has 0 bridgehead atoms. The van der Waals surface area contributed by atoms with Gasteiger partial charge in [-0.05, 0) is 55.5 Å². The number of anilines is 2. The number of benzene rings is 2. The highest BCUT2D eigenvalue weighted by molar-refractivity contribution is 6.07. The van der Waals surface area contributed by atoms with Crippen molar-refractivity contribution in [2.45, 2.75) is 26.0 Å². The number of likely N-dealkylation sites (N-methyl/N-ethyl adjacent to an activating group) is 1. The number of ether oxygens (including phenoxy) is 1. The van der Waals surface area contributed by atoms with Gasteiger partial charge in [-0.25, -0.2) is 9.18 Å². The summed E-state index contributed by atoms with van der Waals surface area (Å²) < 4.78 is 19.7. The summed E-state index contributed by atoms with van der Waals surface area (Å²) in [5, 5.41) is 15.4. The number of aliphatic hydroxyl groups is 1. The molecule has 210 valence electrons. The molecule has 1 aromatic heterocycles. The zero-order valence-electron chi connectivity index (χ0n) is 22.5. The van der Waals surface area contributed by atoms with Crippen molar-refractivity contribution in [1.82, 2.24) is 14.8 Å². The van der Waals surface area contributed by atoms with Crippen molar-refractivity contribution >= 4 is 29.2 Å². The maximum absolute atomic E-state index is 13.6. The molecule has 0 spiro atoms. The Morgan fingerprint density at radius 1 is 1.15 bits per heavy atom. The molecule has 0 fully saturated rings. The molecule has 0 aliphatic carbocycles. The number of nitrogens with one attached hydrogen (secondary N) is 2. The van der Waals surface area contributed by atoms with E-state index in [-0.39, 0.29) is 42.8 Å². The van der Waals surface area contributed by atoms with Crippen LogP contribution < -0.4 is 15.4 Å². The average molecular weight is 550 g/mol. The Hall–Kier alpha value is -4.51. The zero-order chi connectivity index (χ0) is 28.8. The molecule has 0 saturated heterocycles. The maximum Gasteiger partial charge on any atom is 0.321 e. The van der Waals surface area contributed by atoms with Gasteiger partial charge in [0.25, 0.3) is 11.8 Å². The second-order valence-electron chi connectivity index (χ2n) is 9.81. The number of fused-ring (bicyclic) bond motifs is 1. The van der Waals surface area contributed by atoms with Crippen molar-refractivity contribution in [1.29, 1.82) is 0 Å². The van der Waals surface area contributed by atoms with Gasteiger partial charge in [-0.15, -0.1) is 0 Å². The number of pyridine rings is 1.